The maximum Gasteiger partial charge on any atom is 0.231 e. The summed E-state index contributed by atoms with van der Waals surface area (Å²) >= 11 is 5.04. The Morgan fingerprint density at radius 3 is 2.71 bits per heavy atom. The maximum atomic E-state index is 12.4. The number of fused-ring (bicyclic) bond motifs is 1. The summed E-state index contributed by atoms with van der Waals surface area (Å²) in [6, 6.07) is 23.6. The molecule has 0 aliphatic carbocycles. The first-order valence-electron chi connectivity index (χ1n) is 10.7. The second-order valence-corrected chi connectivity index (χ2v) is 9.53. The van der Waals surface area contributed by atoms with Crippen molar-refractivity contribution in [1.82, 2.24) is 20.1 Å². The van der Waals surface area contributed by atoms with E-state index in [9.17, 15) is 4.79 Å². The van der Waals surface area contributed by atoms with Crippen molar-refractivity contribution in [3.8, 4) is 28.6 Å². The fourth-order valence-corrected chi connectivity index (χ4v) is 4.85. The minimum atomic E-state index is -0.0249. The first-order chi connectivity index (χ1) is 16.7. The summed E-state index contributed by atoms with van der Waals surface area (Å²) in [5, 5.41) is 12.6. The molecule has 34 heavy (non-hydrogen) atoms. The number of halogens is 1. The van der Waals surface area contributed by atoms with Crippen molar-refractivity contribution in [2.24, 2.45) is 0 Å². The number of carbonyl (C=O) groups excluding carboxylic acids is 1. The number of rotatable bonds is 8. The summed E-state index contributed by atoms with van der Waals surface area (Å²) in [5.74, 6) is 2.75. The van der Waals surface area contributed by atoms with E-state index in [1.807, 2.05) is 77.4 Å². The minimum Gasteiger partial charge on any atom is -0.454 e. The highest BCUT2D eigenvalue weighted by atomic mass is 79.9. The Morgan fingerprint density at radius 1 is 1.00 bits per heavy atom. The van der Waals surface area contributed by atoms with E-state index in [1.165, 1.54) is 11.8 Å². The van der Waals surface area contributed by atoms with Crippen LogP contribution in [0.15, 0.2) is 82.4 Å². The Labute approximate surface area is 209 Å². The number of thioether (sulfide) groups is 1. The van der Waals surface area contributed by atoms with E-state index in [0.717, 1.165) is 38.0 Å². The zero-order valence-corrected chi connectivity index (χ0v) is 20.5. The molecule has 7 nitrogen and oxygen atoms in total. The van der Waals surface area contributed by atoms with Crippen LogP contribution in [0.1, 0.15) is 12.0 Å². The number of nitrogens with one attached hydrogen (secondary N) is 1. The Hall–Kier alpha value is -3.30. The molecule has 9 heteroatoms. The van der Waals surface area contributed by atoms with E-state index >= 15 is 0 Å². The second-order valence-electron chi connectivity index (χ2n) is 7.55. The van der Waals surface area contributed by atoms with Gasteiger partial charge in [-0.05, 0) is 42.0 Å². The molecule has 0 bridgehead atoms. The van der Waals surface area contributed by atoms with E-state index in [4.69, 9.17) is 9.47 Å². The van der Waals surface area contributed by atoms with Gasteiger partial charge in [0.05, 0.1) is 0 Å². The van der Waals surface area contributed by atoms with Crippen LogP contribution in [0.5, 0.6) is 11.5 Å². The molecular formula is C25H21BrN4O3S. The SMILES string of the molecule is O=C(CCSc1nnc(-c2cccc(Br)c2)n1-c1ccccc1)NCc1ccc2c(c1)OCO2. The first kappa shape index (κ1) is 22.5. The van der Waals surface area contributed by atoms with Crippen molar-refractivity contribution in [2.45, 2.75) is 18.1 Å². The average molecular weight is 537 g/mol. The summed E-state index contributed by atoms with van der Waals surface area (Å²) in [6.45, 7) is 0.673. The maximum absolute atomic E-state index is 12.4. The highest BCUT2D eigenvalue weighted by Gasteiger charge is 2.17. The molecule has 0 saturated heterocycles. The molecule has 0 unspecified atom stereocenters. The van der Waals surface area contributed by atoms with Gasteiger partial charge >= 0.3 is 0 Å². The highest BCUT2D eigenvalue weighted by Crippen LogP contribution is 2.32. The highest BCUT2D eigenvalue weighted by molar-refractivity contribution is 9.10. The lowest BCUT2D eigenvalue weighted by molar-refractivity contribution is -0.120. The van der Waals surface area contributed by atoms with Gasteiger partial charge in [-0.1, -0.05) is 64.1 Å². The number of benzene rings is 3. The van der Waals surface area contributed by atoms with Crippen LogP contribution < -0.4 is 14.8 Å². The number of aromatic nitrogens is 3. The first-order valence-corrected chi connectivity index (χ1v) is 12.5. The van der Waals surface area contributed by atoms with Crippen molar-refractivity contribution in [3.63, 3.8) is 0 Å². The molecule has 3 aromatic carbocycles. The molecule has 2 heterocycles. The molecule has 1 N–H and O–H groups in total. The molecule has 0 fully saturated rings. The molecule has 4 aromatic rings. The van der Waals surface area contributed by atoms with E-state index in [1.54, 1.807) is 0 Å². The normalized spacial score (nSPS) is 12.0. The average Bonchev–Trinajstić information content (AvgIpc) is 3.50. The second kappa shape index (κ2) is 10.3. The van der Waals surface area contributed by atoms with Crippen LogP contribution in [0, 0.1) is 0 Å². The minimum absolute atomic E-state index is 0.0249. The summed E-state index contributed by atoms with van der Waals surface area (Å²) in [6.07, 6.45) is 0.364. The van der Waals surface area contributed by atoms with Crippen molar-refractivity contribution < 1.29 is 14.3 Å². The summed E-state index contributed by atoms with van der Waals surface area (Å²) in [5.41, 5.74) is 2.89. The third kappa shape index (κ3) is 5.10. The smallest absolute Gasteiger partial charge is 0.231 e. The van der Waals surface area contributed by atoms with Gasteiger partial charge in [0.2, 0.25) is 12.7 Å². The van der Waals surface area contributed by atoms with Gasteiger partial charge in [-0.15, -0.1) is 10.2 Å². The molecule has 0 radical (unpaired) electrons. The lowest BCUT2D eigenvalue weighted by Crippen LogP contribution is -2.23. The topological polar surface area (TPSA) is 78.3 Å². The molecule has 0 spiro atoms. The summed E-state index contributed by atoms with van der Waals surface area (Å²) in [4.78, 5) is 12.4. The zero-order chi connectivity index (χ0) is 23.3. The van der Waals surface area contributed by atoms with Crippen LogP contribution in [0.25, 0.3) is 17.1 Å². The van der Waals surface area contributed by atoms with Gasteiger partial charge in [-0.25, -0.2) is 0 Å². The Balaban J connectivity index is 1.24. The number of amides is 1. The molecular weight excluding hydrogens is 516 g/mol. The third-order valence-electron chi connectivity index (χ3n) is 5.22. The van der Waals surface area contributed by atoms with Gasteiger partial charge in [0.1, 0.15) is 0 Å². The summed E-state index contributed by atoms with van der Waals surface area (Å²) < 4.78 is 13.7. The molecule has 1 aliphatic rings. The van der Waals surface area contributed by atoms with Crippen molar-refractivity contribution in [2.75, 3.05) is 12.5 Å². The largest absolute Gasteiger partial charge is 0.454 e. The van der Waals surface area contributed by atoms with Gasteiger partial charge in [0.15, 0.2) is 22.5 Å². The molecule has 5 rings (SSSR count). The fourth-order valence-electron chi connectivity index (χ4n) is 3.56. The number of ether oxygens (including phenoxy) is 2. The van der Waals surface area contributed by atoms with Gasteiger partial charge in [-0.2, -0.15) is 0 Å². The van der Waals surface area contributed by atoms with Crippen LogP contribution in [-0.4, -0.2) is 33.2 Å². The van der Waals surface area contributed by atoms with Crippen LogP contribution in [-0.2, 0) is 11.3 Å². The molecule has 1 aliphatic heterocycles. The van der Waals surface area contributed by atoms with Crippen LogP contribution in [0.4, 0.5) is 0 Å². The number of nitrogens with zero attached hydrogens (tertiary/aromatic N) is 3. The molecule has 172 valence electrons. The zero-order valence-electron chi connectivity index (χ0n) is 18.1. The van der Waals surface area contributed by atoms with Crippen LogP contribution in [0.2, 0.25) is 0 Å². The van der Waals surface area contributed by atoms with Crippen LogP contribution in [0.3, 0.4) is 0 Å². The molecule has 1 amide bonds. The monoisotopic (exact) mass is 536 g/mol. The quantitative estimate of drug-likeness (QED) is 0.311. The third-order valence-corrected chi connectivity index (χ3v) is 6.64. The van der Waals surface area contributed by atoms with E-state index in [2.05, 4.69) is 31.4 Å². The Morgan fingerprint density at radius 2 is 1.85 bits per heavy atom. The lowest BCUT2D eigenvalue weighted by Gasteiger charge is -2.11. The van der Waals surface area contributed by atoms with Crippen molar-refractivity contribution in [3.05, 3.63) is 82.8 Å². The van der Waals surface area contributed by atoms with Gasteiger partial charge in [-0.3, -0.25) is 9.36 Å². The van der Waals surface area contributed by atoms with E-state index < -0.39 is 0 Å². The van der Waals surface area contributed by atoms with Crippen molar-refractivity contribution >= 4 is 33.6 Å². The number of hydrogen-bond acceptors (Lipinski definition) is 6. The van der Waals surface area contributed by atoms with E-state index in [-0.39, 0.29) is 12.7 Å². The van der Waals surface area contributed by atoms with Crippen molar-refractivity contribution in [1.29, 1.82) is 0 Å². The van der Waals surface area contributed by atoms with Crippen LogP contribution >= 0.6 is 27.7 Å². The predicted molar refractivity (Wildman–Crippen MR) is 134 cm³/mol. The van der Waals surface area contributed by atoms with Gasteiger partial charge in [0.25, 0.3) is 0 Å². The number of para-hydroxylation sites is 1. The fraction of sp³-hybridized carbons (Fsp3) is 0.160. The summed E-state index contributed by atoms with van der Waals surface area (Å²) in [7, 11) is 0. The standard InChI is InChI=1S/C25H21BrN4O3S/c26-19-6-4-5-18(14-19)24-28-29-25(30(24)20-7-2-1-3-8-20)34-12-11-23(31)27-15-17-9-10-21-22(13-17)33-16-32-21/h1-10,13-14H,11-12,15-16H2,(H,27,31). The Kier molecular flexibility index (Phi) is 6.82. The van der Waals surface area contributed by atoms with Gasteiger partial charge < -0.3 is 14.8 Å². The lowest BCUT2D eigenvalue weighted by atomic mass is 10.2. The van der Waals surface area contributed by atoms with E-state index in [0.29, 0.717) is 24.5 Å². The number of hydrogen-bond donors (Lipinski definition) is 1. The molecule has 0 atom stereocenters. The number of carbonyl (C=O) groups is 1. The Bertz CT molecular complexity index is 1310. The molecule has 0 saturated carbocycles. The van der Waals surface area contributed by atoms with Gasteiger partial charge in [0, 0.05) is 34.4 Å². The predicted octanol–water partition coefficient (Wildman–Crippen LogP) is 5.22. The molecule has 1 aromatic heterocycles.